The molecule has 0 saturated carbocycles. The van der Waals surface area contributed by atoms with Crippen molar-refractivity contribution in [2.75, 3.05) is 5.32 Å². The number of halogens is 2. The minimum Gasteiger partial charge on any atom is -0.344 e. The van der Waals surface area contributed by atoms with Crippen molar-refractivity contribution in [3.05, 3.63) is 38.4 Å². The van der Waals surface area contributed by atoms with Crippen molar-refractivity contribution in [2.45, 2.75) is 13.8 Å². The Bertz CT molecular complexity index is 610. The molecule has 2 aromatic rings. The number of ketones is 1. The Balaban J connectivity index is 2.37. The van der Waals surface area contributed by atoms with E-state index in [1.807, 2.05) is 25.1 Å². The summed E-state index contributed by atoms with van der Waals surface area (Å²) in [6, 6.07) is 5.82. The van der Waals surface area contributed by atoms with Crippen molar-refractivity contribution >= 4 is 59.9 Å². The summed E-state index contributed by atoms with van der Waals surface area (Å²) in [5.41, 5.74) is 2.34. The van der Waals surface area contributed by atoms with Gasteiger partial charge in [-0.2, -0.15) is 4.37 Å². The highest BCUT2D eigenvalue weighted by Gasteiger charge is 2.15. The van der Waals surface area contributed by atoms with E-state index in [4.69, 9.17) is 0 Å². The molecule has 1 aromatic carbocycles. The standard InChI is InChI=1S/C12H10Br2N2OS/c1-6-11(7(2)17)12(18-16-6)15-10-4-3-8(13)5-9(10)14/h3-5,15H,1-2H3. The van der Waals surface area contributed by atoms with Crippen LogP contribution in [0.15, 0.2) is 27.1 Å². The number of rotatable bonds is 3. The second kappa shape index (κ2) is 5.50. The van der Waals surface area contributed by atoms with Gasteiger partial charge < -0.3 is 5.32 Å². The Morgan fingerprint density at radius 3 is 2.72 bits per heavy atom. The van der Waals surface area contributed by atoms with Gasteiger partial charge in [-0.15, -0.1) is 0 Å². The first-order chi connectivity index (χ1) is 8.49. The van der Waals surface area contributed by atoms with Gasteiger partial charge in [0.2, 0.25) is 0 Å². The number of anilines is 2. The monoisotopic (exact) mass is 388 g/mol. The summed E-state index contributed by atoms with van der Waals surface area (Å²) in [5.74, 6) is 0.0250. The SMILES string of the molecule is CC(=O)c1c(C)nsc1Nc1ccc(Br)cc1Br. The third kappa shape index (κ3) is 2.81. The number of aryl methyl sites for hydroxylation is 1. The van der Waals surface area contributed by atoms with Gasteiger partial charge in [0.25, 0.3) is 0 Å². The molecule has 0 amide bonds. The van der Waals surface area contributed by atoms with Crippen molar-refractivity contribution in [1.29, 1.82) is 0 Å². The van der Waals surface area contributed by atoms with Crippen LogP contribution in [0.1, 0.15) is 23.0 Å². The van der Waals surface area contributed by atoms with Crippen molar-refractivity contribution in [1.82, 2.24) is 4.37 Å². The lowest BCUT2D eigenvalue weighted by Crippen LogP contribution is -1.99. The molecule has 0 saturated heterocycles. The second-order valence-corrected chi connectivity index (χ2v) is 6.32. The molecule has 1 heterocycles. The number of Topliss-reactive ketones (excluding diaryl/α,β-unsaturated/α-hetero) is 1. The van der Waals surface area contributed by atoms with Crippen LogP contribution < -0.4 is 5.32 Å². The molecular weight excluding hydrogens is 380 g/mol. The summed E-state index contributed by atoms with van der Waals surface area (Å²) in [4.78, 5) is 11.6. The van der Waals surface area contributed by atoms with E-state index in [1.165, 1.54) is 11.5 Å². The molecule has 0 spiro atoms. The van der Waals surface area contributed by atoms with Crippen molar-refractivity contribution in [2.24, 2.45) is 0 Å². The molecule has 18 heavy (non-hydrogen) atoms. The first kappa shape index (κ1) is 13.7. The summed E-state index contributed by atoms with van der Waals surface area (Å²) in [5, 5.41) is 4.02. The van der Waals surface area contributed by atoms with Crippen molar-refractivity contribution in [3.63, 3.8) is 0 Å². The maximum absolute atomic E-state index is 11.6. The molecule has 0 aliphatic rings. The van der Waals surface area contributed by atoms with Gasteiger partial charge in [0.15, 0.2) is 5.78 Å². The van der Waals surface area contributed by atoms with E-state index in [-0.39, 0.29) is 5.78 Å². The number of carbonyl (C=O) groups is 1. The molecule has 0 bridgehead atoms. The van der Waals surface area contributed by atoms with Crippen LogP contribution in [0.4, 0.5) is 10.7 Å². The third-order valence-corrected chi connectivity index (χ3v) is 4.40. The van der Waals surface area contributed by atoms with Crippen LogP contribution in [0.3, 0.4) is 0 Å². The van der Waals surface area contributed by atoms with Crippen LogP contribution in [-0.2, 0) is 0 Å². The molecule has 3 nitrogen and oxygen atoms in total. The van der Waals surface area contributed by atoms with Crippen molar-refractivity contribution in [3.8, 4) is 0 Å². The van der Waals surface area contributed by atoms with Crippen LogP contribution in [0.2, 0.25) is 0 Å². The number of aromatic nitrogens is 1. The third-order valence-electron chi connectivity index (χ3n) is 2.39. The predicted molar refractivity (Wildman–Crippen MR) is 82.0 cm³/mol. The van der Waals surface area contributed by atoms with Gasteiger partial charge in [0.1, 0.15) is 5.00 Å². The number of hydrogen-bond donors (Lipinski definition) is 1. The fourth-order valence-electron chi connectivity index (χ4n) is 1.58. The smallest absolute Gasteiger partial charge is 0.164 e. The van der Waals surface area contributed by atoms with Crippen molar-refractivity contribution < 1.29 is 4.79 Å². The molecule has 0 fully saturated rings. The second-order valence-electron chi connectivity index (χ2n) is 3.78. The highest BCUT2D eigenvalue weighted by molar-refractivity contribution is 9.11. The molecule has 1 aromatic heterocycles. The van der Waals surface area contributed by atoms with Gasteiger partial charge >= 0.3 is 0 Å². The van der Waals surface area contributed by atoms with E-state index in [2.05, 4.69) is 41.6 Å². The highest BCUT2D eigenvalue weighted by Crippen LogP contribution is 2.33. The molecule has 6 heteroatoms. The maximum Gasteiger partial charge on any atom is 0.164 e. The zero-order valence-electron chi connectivity index (χ0n) is 9.75. The molecule has 0 aliphatic carbocycles. The number of carbonyl (C=O) groups excluding carboxylic acids is 1. The van der Waals surface area contributed by atoms with Crippen LogP contribution in [0.25, 0.3) is 0 Å². The zero-order valence-corrected chi connectivity index (χ0v) is 13.7. The fraction of sp³-hybridized carbons (Fsp3) is 0.167. The average molecular weight is 390 g/mol. The molecule has 0 radical (unpaired) electrons. The summed E-state index contributed by atoms with van der Waals surface area (Å²) in [7, 11) is 0. The Labute approximate surface area is 126 Å². The lowest BCUT2D eigenvalue weighted by molar-refractivity contribution is 0.101. The number of nitrogens with one attached hydrogen (secondary N) is 1. The summed E-state index contributed by atoms with van der Waals surface area (Å²) in [6.07, 6.45) is 0. The van der Waals surface area contributed by atoms with Crippen LogP contribution >= 0.6 is 43.4 Å². The van der Waals surface area contributed by atoms with Gasteiger partial charge in [-0.3, -0.25) is 4.79 Å². The van der Waals surface area contributed by atoms with Crippen LogP contribution in [-0.4, -0.2) is 10.2 Å². The minimum absolute atomic E-state index is 0.0250. The van der Waals surface area contributed by atoms with Gasteiger partial charge in [-0.1, -0.05) is 15.9 Å². The Hall–Kier alpha value is -0.720. The molecule has 0 unspecified atom stereocenters. The summed E-state index contributed by atoms with van der Waals surface area (Å²) in [6.45, 7) is 3.40. The first-order valence-electron chi connectivity index (χ1n) is 5.18. The zero-order chi connectivity index (χ0) is 13.3. The van der Waals surface area contributed by atoms with E-state index >= 15 is 0 Å². The Kier molecular flexibility index (Phi) is 4.19. The lowest BCUT2D eigenvalue weighted by atomic mass is 10.2. The average Bonchev–Trinajstić information content (AvgIpc) is 2.64. The molecule has 0 atom stereocenters. The quantitative estimate of drug-likeness (QED) is 0.757. The Morgan fingerprint density at radius 2 is 2.11 bits per heavy atom. The molecule has 1 N–H and O–H groups in total. The molecular formula is C12H10Br2N2OS. The van der Waals surface area contributed by atoms with Gasteiger partial charge in [0.05, 0.1) is 16.9 Å². The van der Waals surface area contributed by atoms with Crippen LogP contribution in [0.5, 0.6) is 0 Å². The number of nitrogens with zero attached hydrogens (tertiary/aromatic N) is 1. The lowest BCUT2D eigenvalue weighted by Gasteiger charge is -2.08. The minimum atomic E-state index is 0.0250. The Morgan fingerprint density at radius 1 is 1.39 bits per heavy atom. The van der Waals surface area contributed by atoms with E-state index in [1.54, 1.807) is 6.92 Å². The first-order valence-corrected chi connectivity index (χ1v) is 7.54. The van der Waals surface area contributed by atoms with Crippen LogP contribution in [0, 0.1) is 6.92 Å². The van der Waals surface area contributed by atoms with Gasteiger partial charge in [-0.05, 0) is 59.5 Å². The molecule has 2 rings (SSSR count). The topological polar surface area (TPSA) is 42.0 Å². The number of benzene rings is 1. The van der Waals surface area contributed by atoms with E-state index < -0.39 is 0 Å². The highest BCUT2D eigenvalue weighted by atomic mass is 79.9. The molecule has 94 valence electrons. The van der Waals surface area contributed by atoms with E-state index in [0.717, 1.165) is 25.3 Å². The number of hydrogen-bond acceptors (Lipinski definition) is 4. The largest absolute Gasteiger partial charge is 0.344 e. The van der Waals surface area contributed by atoms with Gasteiger partial charge in [0, 0.05) is 8.95 Å². The molecule has 0 aliphatic heterocycles. The predicted octanol–water partition coefficient (Wildman–Crippen LogP) is 4.92. The normalized spacial score (nSPS) is 10.4. The summed E-state index contributed by atoms with van der Waals surface area (Å²) >= 11 is 8.18. The van der Waals surface area contributed by atoms with E-state index in [0.29, 0.717) is 5.56 Å². The fourth-order valence-corrected chi connectivity index (χ4v) is 3.59. The summed E-state index contributed by atoms with van der Waals surface area (Å²) < 4.78 is 6.14. The van der Waals surface area contributed by atoms with E-state index in [9.17, 15) is 4.79 Å². The maximum atomic E-state index is 11.6. The van der Waals surface area contributed by atoms with Gasteiger partial charge in [-0.25, -0.2) is 0 Å².